The van der Waals surface area contributed by atoms with Crippen molar-refractivity contribution in [2.75, 3.05) is 18.2 Å². The Morgan fingerprint density at radius 3 is 2.80 bits per heavy atom. The summed E-state index contributed by atoms with van der Waals surface area (Å²) in [6.45, 7) is 0.395. The molecule has 1 amide bonds. The van der Waals surface area contributed by atoms with Gasteiger partial charge in [-0.1, -0.05) is 18.2 Å². The standard InChI is InChI=1S/C15H16N2O3/c1-20-9-10-4-2-3-5-14(10)17-15(19)12-8-11(18)6-7-13(12)16/h2-8,18H,9,16H2,1H3,(H,17,19). The van der Waals surface area contributed by atoms with Crippen LogP contribution in [0.5, 0.6) is 5.75 Å². The van der Waals surface area contributed by atoms with Crippen molar-refractivity contribution in [3.05, 3.63) is 53.6 Å². The second kappa shape index (κ2) is 6.08. The van der Waals surface area contributed by atoms with Gasteiger partial charge in [-0.25, -0.2) is 0 Å². The van der Waals surface area contributed by atoms with E-state index in [2.05, 4.69) is 5.32 Å². The molecule has 0 unspecified atom stereocenters. The van der Waals surface area contributed by atoms with Crippen LogP contribution in [0.25, 0.3) is 0 Å². The van der Waals surface area contributed by atoms with Gasteiger partial charge in [0.15, 0.2) is 0 Å². The first-order valence-electron chi connectivity index (χ1n) is 6.08. The maximum absolute atomic E-state index is 12.2. The third-order valence-electron chi connectivity index (χ3n) is 2.85. The number of carbonyl (C=O) groups is 1. The lowest BCUT2D eigenvalue weighted by Gasteiger charge is -2.11. The predicted molar refractivity (Wildman–Crippen MR) is 77.6 cm³/mol. The van der Waals surface area contributed by atoms with Crippen LogP contribution in [0.1, 0.15) is 15.9 Å². The number of phenolic OH excluding ortho intramolecular Hbond substituents is 1. The monoisotopic (exact) mass is 272 g/mol. The number of hydrogen-bond acceptors (Lipinski definition) is 4. The third kappa shape index (κ3) is 3.07. The highest BCUT2D eigenvalue weighted by Crippen LogP contribution is 2.21. The Hall–Kier alpha value is -2.53. The maximum Gasteiger partial charge on any atom is 0.257 e. The number of phenols is 1. The number of para-hydroxylation sites is 1. The van der Waals surface area contributed by atoms with Crippen molar-refractivity contribution >= 4 is 17.3 Å². The molecule has 0 saturated carbocycles. The molecule has 2 aromatic rings. The average molecular weight is 272 g/mol. The molecule has 0 bridgehead atoms. The second-order valence-electron chi connectivity index (χ2n) is 4.32. The molecule has 0 aliphatic rings. The zero-order valence-corrected chi connectivity index (χ0v) is 11.1. The Morgan fingerprint density at radius 1 is 1.30 bits per heavy atom. The van der Waals surface area contributed by atoms with Gasteiger partial charge in [-0.05, 0) is 24.3 Å². The summed E-state index contributed by atoms with van der Waals surface area (Å²) < 4.78 is 5.08. The molecule has 104 valence electrons. The minimum atomic E-state index is -0.373. The van der Waals surface area contributed by atoms with Crippen molar-refractivity contribution in [2.45, 2.75) is 6.61 Å². The van der Waals surface area contributed by atoms with Gasteiger partial charge in [-0.3, -0.25) is 4.79 Å². The van der Waals surface area contributed by atoms with Crippen LogP contribution in [0.3, 0.4) is 0 Å². The summed E-state index contributed by atoms with van der Waals surface area (Å²) in [6, 6.07) is 11.6. The highest BCUT2D eigenvalue weighted by molar-refractivity contribution is 6.08. The number of hydrogen-bond donors (Lipinski definition) is 3. The van der Waals surface area contributed by atoms with Crippen molar-refractivity contribution in [1.29, 1.82) is 0 Å². The first-order chi connectivity index (χ1) is 9.61. The molecule has 2 aromatic carbocycles. The van der Waals surface area contributed by atoms with Gasteiger partial charge in [0.2, 0.25) is 0 Å². The lowest BCUT2D eigenvalue weighted by molar-refractivity contribution is 0.102. The highest BCUT2D eigenvalue weighted by Gasteiger charge is 2.12. The fraction of sp³-hybridized carbons (Fsp3) is 0.133. The minimum Gasteiger partial charge on any atom is -0.508 e. The van der Waals surface area contributed by atoms with E-state index in [1.165, 1.54) is 18.2 Å². The number of aromatic hydroxyl groups is 1. The molecule has 4 N–H and O–H groups in total. The summed E-state index contributed by atoms with van der Waals surface area (Å²) in [7, 11) is 1.59. The molecular formula is C15H16N2O3. The predicted octanol–water partition coefficient (Wildman–Crippen LogP) is 2.37. The first kappa shape index (κ1) is 13.9. The fourth-order valence-corrected chi connectivity index (χ4v) is 1.85. The first-order valence-corrected chi connectivity index (χ1v) is 6.08. The average Bonchev–Trinajstić information content (AvgIpc) is 2.44. The molecule has 0 heterocycles. The van der Waals surface area contributed by atoms with Crippen LogP contribution >= 0.6 is 0 Å². The molecule has 0 aliphatic heterocycles. The smallest absolute Gasteiger partial charge is 0.257 e. The molecule has 0 atom stereocenters. The number of amides is 1. The van der Waals surface area contributed by atoms with Crippen molar-refractivity contribution in [2.24, 2.45) is 0 Å². The summed E-state index contributed by atoms with van der Waals surface area (Å²) in [6.07, 6.45) is 0. The number of carbonyl (C=O) groups excluding carboxylic acids is 1. The van der Waals surface area contributed by atoms with E-state index in [-0.39, 0.29) is 17.2 Å². The van der Waals surface area contributed by atoms with E-state index in [4.69, 9.17) is 10.5 Å². The topological polar surface area (TPSA) is 84.6 Å². The molecule has 20 heavy (non-hydrogen) atoms. The maximum atomic E-state index is 12.2. The molecule has 2 rings (SSSR count). The van der Waals surface area contributed by atoms with Gasteiger partial charge in [0.25, 0.3) is 5.91 Å². The number of benzene rings is 2. The number of rotatable bonds is 4. The summed E-state index contributed by atoms with van der Waals surface area (Å²) in [5.41, 5.74) is 7.81. The number of nitrogen functional groups attached to an aromatic ring is 1. The summed E-state index contributed by atoms with van der Waals surface area (Å²) in [5, 5.41) is 12.2. The lowest BCUT2D eigenvalue weighted by atomic mass is 10.1. The van der Waals surface area contributed by atoms with Gasteiger partial charge < -0.3 is 20.9 Å². The fourth-order valence-electron chi connectivity index (χ4n) is 1.85. The number of methoxy groups -OCH3 is 1. The molecule has 0 fully saturated rings. The summed E-state index contributed by atoms with van der Waals surface area (Å²) >= 11 is 0. The zero-order chi connectivity index (χ0) is 14.5. The SMILES string of the molecule is COCc1ccccc1NC(=O)c1cc(O)ccc1N. The Balaban J connectivity index is 2.26. The van der Waals surface area contributed by atoms with Crippen LogP contribution in [0.15, 0.2) is 42.5 Å². The largest absolute Gasteiger partial charge is 0.508 e. The number of nitrogens with two attached hydrogens (primary N) is 1. The van der Waals surface area contributed by atoms with Crippen LogP contribution in [-0.4, -0.2) is 18.1 Å². The van der Waals surface area contributed by atoms with E-state index in [0.29, 0.717) is 18.0 Å². The van der Waals surface area contributed by atoms with Gasteiger partial charge in [-0.2, -0.15) is 0 Å². The van der Waals surface area contributed by atoms with Crippen LogP contribution in [0, 0.1) is 0 Å². The van der Waals surface area contributed by atoms with E-state index < -0.39 is 0 Å². The van der Waals surface area contributed by atoms with E-state index in [1.807, 2.05) is 18.2 Å². The number of anilines is 2. The Bertz CT molecular complexity index is 626. The molecule has 0 aliphatic carbocycles. The molecule has 0 aromatic heterocycles. The molecule has 0 saturated heterocycles. The number of nitrogens with one attached hydrogen (secondary N) is 1. The van der Waals surface area contributed by atoms with E-state index in [0.717, 1.165) is 5.56 Å². The van der Waals surface area contributed by atoms with Crippen LogP contribution in [0.2, 0.25) is 0 Å². The lowest BCUT2D eigenvalue weighted by Crippen LogP contribution is -2.15. The van der Waals surface area contributed by atoms with Crippen molar-refractivity contribution in [3.63, 3.8) is 0 Å². The number of ether oxygens (including phenoxy) is 1. The van der Waals surface area contributed by atoms with Crippen LogP contribution in [0.4, 0.5) is 11.4 Å². The van der Waals surface area contributed by atoms with E-state index in [1.54, 1.807) is 13.2 Å². The molecule has 5 nitrogen and oxygen atoms in total. The van der Waals surface area contributed by atoms with Crippen molar-refractivity contribution in [1.82, 2.24) is 0 Å². The van der Waals surface area contributed by atoms with Gasteiger partial charge >= 0.3 is 0 Å². The normalized spacial score (nSPS) is 10.2. The third-order valence-corrected chi connectivity index (χ3v) is 2.85. The molecule has 5 heteroatoms. The Labute approximate surface area is 117 Å². The van der Waals surface area contributed by atoms with E-state index >= 15 is 0 Å². The molecule has 0 radical (unpaired) electrons. The van der Waals surface area contributed by atoms with Gasteiger partial charge in [0.1, 0.15) is 5.75 Å². The van der Waals surface area contributed by atoms with Gasteiger partial charge in [0, 0.05) is 24.0 Å². The zero-order valence-electron chi connectivity index (χ0n) is 11.1. The Kier molecular flexibility index (Phi) is 4.22. The highest BCUT2D eigenvalue weighted by atomic mass is 16.5. The van der Waals surface area contributed by atoms with Crippen molar-refractivity contribution in [3.8, 4) is 5.75 Å². The Morgan fingerprint density at radius 2 is 2.05 bits per heavy atom. The summed E-state index contributed by atoms with van der Waals surface area (Å²) in [5.74, 6) is -0.378. The van der Waals surface area contributed by atoms with Crippen molar-refractivity contribution < 1.29 is 14.6 Å². The molecular weight excluding hydrogens is 256 g/mol. The quantitative estimate of drug-likeness (QED) is 0.589. The van der Waals surface area contributed by atoms with Gasteiger partial charge in [-0.15, -0.1) is 0 Å². The molecule has 0 spiro atoms. The minimum absolute atomic E-state index is 0.00507. The van der Waals surface area contributed by atoms with E-state index in [9.17, 15) is 9.90 Å². The van der Waals surface area contributed by atoms with Crippen LogP contribution < -0.4 is 11.1 Å². The second-order valence-corrected chi connectivity index (χ2v) is 4.32. The summed E-state index contributed by atoms with van der Waals surface area (Å²) in [4.78, 5) is 12.2. The van der Waals surface area contributed by atoms with Crippen LogP contribution in [-0.2, 0) is 11.3 Å². The van der Waals surface area contributed by atoms with Gasteiger partial charge in [0.05, 0.1) is 12.2 Å².